The minimum Gasteiger partial charge on any atom is -0.496 e. The van der Waals surface area contributed by atoms with Crippen molar-refractivity contribution in [3.8, 4) is 28.6 Å². The summed E-state index contributed by atoms with van der Waals surface area (Å²) in [5.41, 5.74) is 5.58. The molecule has 0 saturated heterocycles. The summed E-state index contributed by atoms with van der Waals surface area (Å²) < 4.78 is 47.8. The summed E-state index contributed by atoms with van der Waals surface area (Å²) in [5, 5.41) is 3.84. The number of anilines is 1. The van der Waals surface area contributed by atoms with Crippen LogP contribution in [-0.4, -0.2) is 60.2 Å². The van der Waals surface area contributed by atoms with Crippen LogP contribution in [-0.2, 0) is 14.3 Å². The molecular weight excluding hydrogens is 511 g/mol. The van der Waals surface area contributed by atoms with Crippen LogP contribution < -0.4 is 30.7 Å². The van der Waals surface area contributed by atoms with E-state index in [0.717, 1.165) is 6.07 Å². The maximum atomic E-state index is 14.6. The van der Waals surface area contributed by atoms with Gasteiger partial charge in [0, 0.05) is 23.9 Å². The van der Waals surface area contributed by atoms with Crippen molar-refractivity contribution in [1.29, 1.82) is 0 Å². The SMILES string of the molecule is COc1ccc(OC)c2c1c(OC)cc1c(=O)cc(-c3cc(F)cc(NC(=O)COCCOCCN)c3)oc12. The van der Waals surface area contributed by atoms with Gasteiger partial charge in [-0.1, -0.05) is 0 Å². The number of carbonyl (C=O) groups excluding carboxylic acids is 1. The topological polar surface area (TPSA) is 131 Å². The van der Waals surface area contributed by atoms with Crippen molar-refractivity contribution in [2.24, 2.45) is 5.73 Å². The average Bonchev–Trinajstić information content (AvgIpc) is 2.93. The van der Waals surface area contributed by atoms with Gasteiger partial charge in [0.25, 0.3) is 0 Å². The zero-order valence-corrected chi connectivity index (χ0v) is 21.8. The van der Waals surface area contributed by atoms with Crippen LogP contribution in [0.5, 0.6) is 17.2 Å². The first-order valence-corrected chi connectivity index (χ1v) is 12.1. The van der Waals surface area contributed by atoms with E-state index in [1.165, 1.54) is 39.5 Å². The standard InChI is InChI=1S/C28H29FN2O8/c1-34-21-4-5-22(35-2)27-26(21)24(36-3)13-19-20(32)14-23(39-28(19)27)16-10-17(29)12-18(11-16)31-25(33)15-38-9-8-37-7-6-30/h4-5,10-14H,6-9,15,30H2,1-3H3,(H,31,33). The highest BCUT2D eigenvalue weighted by Gasteiger charge is 2.21. The Labute approximate surface area is 223 Å². The van der Waals surface area contributed by atoms with Crippen LogP contribution in [0.1, 0.15) is 0 Å². The predicted molar refractivity (Wildman–Crippen MR) is 144 cm³/mol. The predicted octanol–water partition coefficient (Wildman–Crippen LogP) is 3.71. The lowest BCUT2D eigenvalue weighted by Gasteiger charge is -2.15. The molecule has 3 N–H and O–H groups in total. The molecule has 0 aliphatic rings. The lowest BCUT2D eigenvalue weighted by atomic mass is 10.0. The van der Waals surface area contributed by atoms with Crippen LogP contribution in [0, 0.1) is 5.82 Å². The second kappa shape index (κ2) is 12.6. The number of nitrogens with two attached hydrogens (primary N) is 1. The molecule has 4 rings (SSSR count). The van der Waals surface area contributed by atoms with Gasteiger partial charge in [-0.15, -0.1) is 0 Å². The van der Waals surface area contributed by atoms with Gasteiger partial charge in [-0.3, -0.25) is 9.59 Å². The van der Waals surface area contributed by atoms with Gasteiger partial charge in [-0.2, -0.15) is 0 Å². The van der Waals surface area contributed by atoms with Crippen LogP contribution >= 0.6 is 0 Å². The Morgan fingerprint density at radius 1 is 0.897 bits per heavy atom. The Bertz CT molecular complexity index is 1550. The van der Waals surface area contributed by atoms with Gasteiger partial charge in [0.05, 0.1) is 57.3 Å². The molecule has 1 heterocycles. The third-order valence-electron chi connectivity index (χ3n) is 5.86. The summed E-state index contributed by atoms with van der Waals surface area (Å²) in [5.74, 6) is 0.280. The molecule has 0 radical (unpaired) electrons. The van der Waals surface area contributed by atoms with Crippen molar-refractivity contribution >= 4 is 33.3 Å². The van der Waals surface area contributed by atoms with E-state index in [2.05, 4.69) is 5.32 Å². The van der Waals surface area contributed by atoms with Gasteiger partial charge in [0.2, 0.25) is 5.91 Å². The quantitative estimate of drug-likeness (QED) is 0.204. The van der Waals surface area contributed by atoms with E-state index >= 15 is 0 Å². The molecular formula is C28H29FN2O8. The summed E-state index contributed by atoms with van der Waals surface area (Å²) in [6, 6.07) is 10.1. The number of halogens is 1. The molecule has 3 aromatic carbocycles. The largest absolute Gasteiger partial charge is 0.496 e. The highest BCUT2D eigenvalue weighted by atomic mass is 19.1. The highest BCUT2D eigenvalue weighted by molar-refractivity contribution is 6.13. The van der Waals surface area contributed by atoms with Gasteiger partial charge < -0.3 is 39.2 Å². The van der Waals surface area contributed by atoms with Crippen LogP contribution in [0.3, 0.4) is 0 Å². The van der Waals surface area contributed by atoms with Crippen LogP contribution in [0.4, 0.5) is 10.1 Å². The third-order valence-corrected chi connectivity index (χ3v) is 5.86. The minimum absolute atomic E-state index is 0.0899. The van der Waals surface area contributed by atoms with Gasteiger partial charge in [-0.05, 0) is 36.4 Å². The number of methoxy groups -OCH3 is 3. The van der Waals surface area contributed by atoms with Crippen LogP contribution in [0.2, 0.25) is 0 Å². The molecule has 0 saturated carbocycles. The Morgan fingerprint density at radius 3 is 2.28 bits per heavy atom. The van der Waals surface area contributed by atoms with Crippen molar-refractivity contribution in [2.45, 2.75) is 0 Å². The number of carbonyl (C=O) groups is 1. The second-order valence-corrected chi connectivity index (χ2v) is 8.38. The van der Waals surface area contributed by atoms with Crippen molar-refractivity contribution in [3.63, 3.8) is 0 Å². The fourth-order valence-corrected chi connectivity index (χ4v) is 4.18. The normalized spacial score (nSPS) is 11.1. The molecule has 0 aliphatic heterocycles. The molecule has 0 spiro atoms. The van der Waals surface area contributed by atoms with E-state index < -0.39 is 11.7 Å². The first-order valence-electron chi connectivity index (χ1n) is 12.1. The Balaban J connectivity index is 1.72. The van der Waals surface area contributed by atoms with Gasteiger partial charge in [0.1, 0.15) is 35.4 Å². The molecule has 0 unspecified atom stereocenters. The zero-order chi connectivity index (χ0) is 27.9. The number of hydrogen-bond donors (Lipinski definition) is 2. The summed E-state index contributed by atoms with van der Waals surface area (Å²) in [6.45, 7) is 1.05. The number of ether oxygens (including phenoxy) is 5. The van der Waals surface area contributed by atoms with Crippen LogP contribution in [0.15, 0.2) is 51.7 Å². The molecule has 0 aliphatic carbocycles. The minimum atomic E-state index is -0.638. The lowest BCUT2D eigenvalue weighted by molar-refractivity contribution is -0.121. The molecule has 0 fully saturated rings. The highest BCUT2D eigenvalue weighted by Crippen LogP contribution is 2.44. The number of nitrogens with one attached hydrogen (secondary N) is 1. The summed E-state index contributed by atoms with van der Waals surface area (Å²) in [6.07, 6.45) is 0. The van der Waals surface area contributed by atoms with E-state index in [1.807, 2.05) is 0 Å². The number of benzene rings is 3. The van der Waals surface area contributed by atoms with Gasteiger partial charge in [0.15, 0.2) is 11.0 Å². The lowest BCUT2D eigenvalue weighted by Crippen LogP contribution is -2.20. The second-order valence-electron chi connectivity index (χ2n) is 8.38. The average molecular weight is 541 g/mol. The monoisotopic (exact) mass is 540 g/mol. The number of rotatable bonds is 12. The molecule has 0 atom stereocenters. The number of hydrogen-bond acceptors (Lipinski definition) is 9. The summed E-state index contributed by atoms with van der Waals surface area (Å²) in [4.78, 5) is 25.5. The first-order chi connectivity index (χ1) is 18.9. The summed E-state index contributed by atoms with van der Waals surface area (Å²) in [7, 11) is 4.49. The third kappa shape index (κ3) is 6.11. The van der Waals surface area contributed by atoms with Gasteiger partial charge >= 0.3 is 0 Å². The van der Waals surface area contributed by atoms with E-state index in [9.17, 15) is 14.0 Å². The molecule has 39 heavy (non-hydrogen) atoms. The van der Waals surface area contributed by atoms with Crippen molar-refractivity contribution in [1.82, 2.24) is 0 Å². The smallest absolute Gasteiger partial charge is 0.250 e. The van der Waals surface area contributed by atoms with Crippen LogP contribution in [0.25, 0.3) is 33.1 Å². The van der Waals surface area contributed by atoms with E-state index in [-0.39, 0.29) is 46.6 Å². The Kier molecular flexibility index (Phi) is 8.97. The maximum absolute atomic E-state index is 14.6. The van der Waals surface area contributed by atoms with Crippen molar-refractivity contribution in [2.75, 3.05) is 59.6 Å². The zero-order valence-electron chi connectivity index (χ0n) is 21.8. The number of amides is 1. The molecule has 1 amide bonds. The van der Waals surface area contributed by atoms with E-state index in [0.29, 0.717) is 47.8 Å². The first kappa shape index (κ1) is 27.8. The van der Waals surface area contributed by atoms with Crippen molar-refractivity contribution < 1.29 is 37.3 Å². The maximum Gasteiger partial charge on any atom is 0.250 e. The molecule has 0 bridgehead atoms. The Hall–Kier alpha value is -4.19. The molecule has 10 nitrogen and oxygen atoms in total. The van der Waals surface area contributed by atoms with Crippen molar-refractivity contribution in [3.05, 3.63) is 58.5 Å². The fourth-order valence-electron chi connectivity index (χ4n) is 4.18. The van der Waals surface area contributed by atoms with Gasteiger partial charge in [-0.25, -0.2) is 4.39 Å². The fraction of sp³-hybridized carbons (Fsp3) is 0.286. The molecule has 206 valence electrons. The summed E-state index contributed by atoms with van der Waals surface area (Å²) >= 11 is 0. The number of fused-ring (bicyclic) bond motifs is 3. The van der Waals surface area contributed by atoms with E-state index in [4.69, 9.17) is 33.8 Å². The Morgan fingerprint density at radius 2 is 1.59 bits per heavy atom. The molecule has 1 aromatic heterocycles. The van der Waals surface area contributed by atoms with E-state index in [1.54, 1.807) is 18.2 Å². The molecule has 11 heteroatoms. The molecule has 4 aromatic rings.